The Morgan fingerprint density at radius 3 is 0.795 bits per heavy atom. The lowest BCUT2D eigenvalue weighted by molar-refractivity contribution is -0.458. The molecule has 0 aromatic carbocycles. The second-order valence-corrected chi connectivity index (χ2v) is 8.44. The lowest BCUT2D eigenvalue weighted by Crippen LogP contribution is -2.76. The topological polar surface area (TPSA) is 46.2 Å². The summed E-state index contributed by atoms with van der Waals surface area (Å²) < 4.78 is 328. The molecular formula is C11HF24NO2S. The smallest absolute Gasteiger partial charge is 0.206 e. The monoisotopic (exact) mass is 667 g/mol. The van der Waals surface area contributed by atoms with Gasteiger partial charge in [-0.1, -0.05) is 0 Å². The Balaban J connectivity index is 7.22. The molecule has 0 aliphatic carbocycles. The van der Waals surface area contributed by atoms with Crippen LogP contribution in [0.25, 0.3) is 0 Å². The molecule has 28 heteroatoms. The summed E-state index contributed by atoms with van der Waals surface area (Å²) in [6, 6.07) is 0. The molecule has 236 valence electrons. The molecule has 0 saturated carbocycles. The standard InChI is InChI=1S/C11HF24NO2S/c12-1(13,3(16,17)5(20,21)8(25,26)27)2(14,15)4(18,19)6(22,23)11(34,35)39(37,38)36-7(24,9(28,29)30)10(31,32)33/h36H. The fourth-order valence-electron chi connectivity index (χ4n) is 1.84. The van der Waals surface area contributed by atoms with Crippen molar-refractivity contribution in [3.05, 3.63) is 0 Å². The fraction of sp³-hybridized carbons (Fsp3) is 1.00. The lowest BCUT2D eigenvalue weighted by Gasteiger charge is -2.42. The van der Waals surface area contributed by atoms with Crippen LogP contribution >= 0.6 is 0 Å². The highest BCUT2D eigenvalue weighted by Gasteiger charge is 2.96. The molecule has 0 fully saturated rings. The number of rotatable bonds is 9. The van der Waals surface area contributed by atoms with Crippen molar-refractivity contribution in [3.8, 4) is 0 Å². The normalized spacial score (nSPS) is 17.0. The van der Waals surface area contributed by atoms with Gasteiger partial charge in [0.25, 0.3) is 10.0 Å². The van der Waals surface area contributed by atoms with E-state index in [1.54, 1.807) is 0 Å². The maximum absolute atomic E-state index is 13.5. The Bertz CT molecular complexity index is 1000. The molecule has 0 unspecified atom stereocenters. The van der Waals surface area contributed by atoms with E-state index < -0.39 is 79.9 Å². The Kier molecular flexibility index (Phi) is 8.46. The van der Waals surface area contributed by atoms with Gasteiger partial charge in [-0.15, -0.1) is 0 Å². The van der Waals surface area contributed by atoms with E-state index in [1.807, 2.05) is 0 Å². The molecule has 39 heavy (non-hydrogen) atoms. The maximum Gasteiger partial charge on any atom is 0.460 e. The highest BCUT2D eigenvalue weighted by atomic mass is 32.2. The zero-order chi connectivity index (χ0) is 32.7. The molecule has 3 nitrogen and oxygen atoms in total. The van der Waals surface area contributed by atoms with Crippen LogP contribution in [0.4, 0.5) is 105 Å². The molecule has 0 atom stereocenters. The predicted octanol–water partition coefficient (Wildman–Crippen LogP) is 6.66. The van der Waals surface area contributed by atoms with Gasteiger partial charge >= 0.3 is 65.1 Å². The molecular weight excluding hydrogens is 666 g/mol. The van der Waals surface area contributed by atoms with Crippen molar-refractivity contribution in [2.75, 3.05) is 0 Å². The minimum Gasteiger partial charge on any atom is -0.206 e. The van der Waals surface area contributed by atoms with Crippen molar-refractivity contribution in [2.24, 2.45) is 0 Å². The first-order valence-electron chi connectivity index (χ1n) is 7.78. The van der Waals surface area contributed by atoms with Crippen LogP contribution in [-0.4, -0.2) is 73.5 Å². The van der Waals surface area contributed by atoms with Gasteiger partial charge in [0.05, 0.1) is 0 Å². The summed E-state index contributed by atoms with van der Waals surface area (Å²) in [6.07, 6.45) is -23.9. The molecule has 0 aliphatic heterocycles. The zero-order valence-electron chi connectivity index (χ0n) is 16.3. The van der Waals surface area contributed by atoms with Gasteiger partial charge in [0.2, 0.25) is 0 Å². The van der Waals surface area contributed by atoms with Crippen molar-refractivity contribution in [2.45, 2.75) is 65.1 Å². The van der Waals surface area contributed by atoms with Crippen molar-refractivity contribution >= 4 is 10.0 Å². The Morgan fingerprint density at radius 2 is 0.564 bits per heavy atom. The summed E-state index contributed by atoms with van der Waals surface area (Å²) >= 11 is 0. The van der Waals surface area contributed by atoms with Crippen LogP contribution in [0.2, 0.25) is 0 Å². The lowest BCUT2D eigenvalue weighted by atomic mass is 9.91. The number of sulfonamides is 1. The molecule has 0 heterocycles. The number of alkyl halides is 24. The second kappa shape index (κ2) is 8.86. The quantitative estimate of drug-likeness (QED) is 0.221. The van der Waals surface area contributed by atoms with Crippen LogP contribution in [0.15, 0.2) is 0 Å². The van der Waals surface area contributed by atoms with Crippen LogP contribution in [0.5, 0.6) is 0 Å². The van der Waals surface area contributed by atoms with Gasteiger partial charge in [-0.25, -0.2) is 12.8 Å². The molecule has 0 bridgehead atoms. The molecule has 0 aliphatic rings. The fourth-order valence-corrected chi connectivity index (χ4v) is 3.04. The van der Waals surface area contributed by atoms with E-state index in [-0.39, 0.29) is 0 Å². The first-order valence-corrected chi connectivity index (χ1v) is 9.26. The van der Waals surface area contributed by atoms with E-state index in [0.717, 1.165) is 0 Å². The third kappa shape index (κ3) is 4.78. The van der Waals surface area contributed by atoms with Gasteiger partial charge < -0.3 is 0 Å². The Morgan fingerprint density at radius 1 is 0.333 bits per heavy atom. The summed E-state index contributed by atoms with van der Waals surface area (Å²) in [7, 11) is -9.24. The van der Waals surface area contributed by atoms with Gasteiger partial charge in [-0.05, 0) is 0 Å². The van der Waals surface area contributed by atoms with Crippen LogP contribution in [0, 0.1) is 0 Å². The third-order valence-corrected chi connectivity index (χ3v) is 5.57. The first-order chi connectivity index (χ1) is 16.2. The number of hydrogen-bond acceptors (Lipinski definition) is 2. The second-order valence-electron chi connectivity index (χ2n) is 6.72. The number of nitrogens with one attached hydrogen (secondary N) is 1. The van der Waals surface area contributed by atoms with Gasteiger partial charge in [0.1, 0.15) is 0 Å². The minimum absolute atomic E-state index is 2.02. The molecule has 1 N–H and O–H groups in total. The number of halogens is 24. The van der Waals surface area contributed by atoms with Gasteiger partial charge in [-0.3, -0.25) is 0 Å². The van der Waals surface area contributed by atoms with Crippen molar-refractivity contribution in [1.29, 1.82) is 0 Å². The summed E-state index contributed by atoms with van der Waals surface area (Å²) in [5.74, 6) is -62.8. The molecule has 0 spiro atoms. The highest BCUT2D eigenvalue weighted by molar-refractivity contribution is 7.90. The van der Waals surface area contributed by atoms with Gasteiger partial charge in [-0.2, -0.15) is 106 Å². The van der Waals surface area contributed by atoms with Crippen LogP contribution in [0.3, 0.4) is 0 Å². The van der Waals surface area contributed by atoms with Gasteiger partial charge in [0, 0.05) is 0 Å². The number of hydrogen-bond donors (Lipinski definition) is 1. The Labute approximate surface area is 195 Å². The summed E-state index contributed by atoms with van der Waals surface area (Å²) in [6.45, 7) is 0. The summed E-state index contributed by atoms with van der Waals surface area (Å²) in [5.41, 5.74) is 0. The van der Waals surface area contributed by atoms with E-state index in [0.29, 0.717) is 0 Å². The molecule has 0 saturated heterocycles. The molecule has 0 radical (unpaired) electrons. The minimum atomic E-state index is -9.40. The molecule has 0 aromatic heterocycles. The Hall–Kier alpha value is -1.77. The van der Waals surface area contributed by atoms with E-state index in [1.165, 1.54) is 0 Å². The first kappa shape index (κ1) is 37.2. The van der Waals surface area contributed by atoms with Crippen LogP contribution < -0.4 is 4.72 Å². The highest BCUT2D eigenvalue weighted by Crippen LogP contribution is 2.64. The molecule has 0 rings (SSSR count). The predicted molar refractivity (Wildman–Crippen MR) is 68.7 cm³/mol. The van der Waals surface area contributed by atoms with E-state index in [2.05, 4.69) is 0 Å². The van der Waals surface area contributed by atoms with Crippen LogP contribution in [-0.2, 0) is 10.0 Å². The van der Waals surface area contributed by atoms with E-state index in [9.17, 15) is 114 Å². The van der Waals surface area contributed by atoms with Crippen LogP contribution in [0.1, 0.15) is 0 Å². The average Bonchev–Trinajstić information content (AvgIpc) is 2.63. The summed E-state index contributed by atoms with van der Waals surface area (Å²) in [5, 5.41) is -8.85. The van der Waals surface area contributed by atoms with E-state index >= 15 is 0 Å². The summed E-state index contributed by atoms with van der Waals surface area (Å²) in [4.78, 5) is 0. The third-order valence-electron chi connectivity index (χ3n) is 4.09. The van der Waals surface area contributed by atoms with Gasteiger partial charge in [0.15, 0.2) is 0 Å². The average molecular weight is 667 g/mol. The van der Waals surface area contributed by atoms with E-state index in [4.69, 9.17) is 0 Å². The molecule has 0 amide bonds. The zero-order valence-corrected chi connectivity index (χ0v) is 17.1. The largest absolute Gasteiger partial charge is 0.460 e. The van der Waals surface area contributed by atoms with Crippen molar-refractivity contribution in [1.82, 2.24) is 4.72 Å². The molecule has 0 aromatic rings. The maximum atomic E-state index is 13.5. The van der Waals surface area contributed by atoms with Crippen molar-refractivity contribution < 1.29 is 114 Å². The SMILES string of the molecule is O=S(=O)(NC(F)(C(F)(F)F)C(F)(F)F)C(F)(F)C(F)(F)C(F)(F)C(F)(F)C(F)(F)C(F)(F)C(F)(F)C(F)(F)F. The van der Waals surface area contributed by atoms with Crippen molar-refractivity contribution in [3.63, 3.8) is 0 Å².